The van der Waals surface area contributed by atoms with Crippen molar-refractivity contribution in [2.45, 2.75) is 26.3 Å². The van der Waals surface area contributed by atoms with Gasteiger partial charge >= 0.3 is 0 Å². The molecule has 0 aliphatic carbocycles. The number of rotatable bonds is 6. The van der Waals surface area contributed by atoms with E-state index in [0.717, 1.165) is 32.7 Å². The fraction of sp³-hybridized carbons (Fsp3) is 0.458. The van der Waals surface area contributed by atoms with E-state index < -0.39 is 0 Å². The van der Waals surface area contributed by atoms with Gasteiger partial charge in [0.1, 0.15) is 13.2 Å². The number of carbonyl (C=O) groups excluding carboxylic acids is 1. The van der Waals surface area contributed by atoms with Crippen LogP contribution in [-0.4, -0.2) is 61.6 Å². The third-order valence-electron chi connectivity index (χ3n) is 5.79. The Bertz CT molecular complexity index is 909. The largest absolute Gasteiger partial charge is 0.486 e. The summed E-state index contributed by atoms with van der Waals surface area (Å²) in [7, 11) is 0. The highest BCUT2D eigenvalue weighted by atomic mass is 35.5. The second-order valence-electron chi connectivity index (χ2n) is 8.47. The Labute approximate surface area is 189 Å². The van der Waals surface area contributed by atoms with Crippen LogP contribution in [0.4, 0.5) is 5.69 Å². The molecule has 7 heteroatoms. The van der Waals surface area contributed by atoms with Crippen molar-refractivity contribution < 1.29 is 14.3 Å². The first-order chi connectivity index (χ1) is 15.0. The number of anilines is 1. The number of nitrogens with one attached hydrogen (secondary N) is 1. The van der Waals surface area contributed by atoms with Crippen LogP contribution >= 0.6 is 11.6 Å². The van der Waals surface area contributed by atoms with Crippen molar-refractivity contribution in [2.75, 3.05) is 51.3 Å². The SMILES string of the molecule is CC(C)c1ccc(CN2CCN(CC(=O)Nc3cc4c(cc3Cl)OCCO4)CC2)cc1. The zero-order valence-electron chi connectivity index (χ0n) is 18.2. The van der Waals surface area contributed by atoms with Crippen LogP contribution in [0, 0.1) is 0 Å². The van der Waals surface area contributed by atoms with Gasteiger partial charge in [0, 0.05) is 44.9 Å². The summed E-state index contributed by atoms with van der Waals surface area (Å²) in [5.41, 5.74) is 3.26. The van der Waals surface area contributed by atoms with Crippen molar-refractivity contribution >= 4 is 23.2 Å². The lowest BCUT2D eigenvalue weighted by Gasteiger charge is -2.34. The second kappa shape index (κ2) is 9.90. The van der Waals surface area contributed by atoms with Crippen LogP contribution < -0.4 is 14.8 Å². The molecule has 0 bridgehead atoms. The van der Waals surface area contributed by atoms with E-state index in [0.29, 0.717) is 47.9 Å². The number of halogens is 1. The van der Waals surface area contributed by atoms with Crippen LogP contribution in [0.25, 0.3) is 0 Å². The van der Waals surface area contributed by atoms with Crippen molar-refractivity contribution in [3.05, 3.63) is 52.5 Å². The maximum atomic E-state index is 12.6. The minimum Gasteiger partial charge on any atom is -0.486 e. The molecule has 2 aliphatic heterocycles. The van der Waals surface area contributed by atoms with Crippen LogP contribution in [0.3, 0.4) is 0 Å². The first-order valence-corrected chi connectivity index (χ1v) is 11.3. The lowest BCUT2D eigenvalue weighted by molar-refractivity contribution is -0.117. The number of ether oxygens (including phenoxy) is 2. The first-order valence-electron chi connectivity index (χ1n) is 10.9. The van der Waals surface area contributed by atoms with E-state index in [9.17, 15) is 4.79 Å². The molecule has 1 amide bonds. The lowest BCUT2D eigenvalue weighted by atomic mass is 10.0. The number of amides is 1. The van der Waals surface area contributed by atoms with Gasteiger partial charge in [-0.15, -0.1) is 0 Å². The third kappa shape index (κ3) is 5.70. The van der Waals surface area contributed by atoms with Gasteiger partial charge < -0.3 is 14.8 Å². The van der Waals surface area contributed by atoms with Gasteiger partial charge in [-0.1, -0.05) is 49.7 Å². The molecule has 1 N–H and O–H groups in total. The highest BCUT2D eigenvalue weighted by molar-refractivity contribution is 6.34. The highest BCUT2D eigenvalue weighted by Gasteiger charge is 2.21. The molecule has 2 aliphatic rings. The summed E-state index contributed by atoms with van der Waals surface area (Å²) in [5.74, 6) is 1.71. The van der Waals surface area contributed by atoms with Gasteiger partial charge in [0.2, 0.25) is 5.91 Å². The average Bonchev–Trinajstić information content (AvgIpc) is 2.76. The molecule has 31 heavy (non-hydrogen) atoms. The highest BCUT2D eigenvalue weighted by Crippen LogP contribution is 2.37. The molecule has 0 radical (unpaired) electrons. The van der Waals surface area contributed by atoms with E-state index in [2.05, 4.69) is 53.2 Å². The summed E-state index contributed by atoms with van der Waals surface area (Å²) in [6, 6.07) is 12.3. The quantitative estimate of drug-likeness (QED) is 0.731. The first kappa shape index (κ1) is 21.9. The fourth-order valence-corrected chi connectivity index (χ4v) is 4.13. The predicted molar refractivity (Wildman–Crippen MR) is 123 cm³/mol. The third-order valence-corrected chi connectivity index (χ3v) is 6.10. The smallest absolute Gasteiger partial charge is 0.238 e. The minimum atomic E-state index is -0.0729. The molecule has 2 aromatic carbocycles. The van der Waals surface area contributed by atoms with Crippen LogP contribution in [0.15, 0.2) is 36.4 Å². The summed E-state index contributed by atoms with van der Waals surface area (Å²) in [4.78, 5) is 17.2. The van der Waals surface area contributed by atoms with Crippen molar-refractivity contribution in [3.63, 3.8) is 0 Å². The Morgan fingerprint density at radius 2 is 1.61 bits per heavy atom. The summed E-state index contributed by atoms with van der Waals surface area (Å²) >= 11 is 6.30. The topological polar surface area (TPSA) is 54.0 Å². The van der Waals surface area contributed by atoms with Gasteiger partial charge in [0.15, 0.2) is 11.5 Å². The van der Waals surface area contributed by atoms with Crippen LogP contribution in [0.2, 0.25) is 5.02 Å². The van der Waals surface area contributed by atoms with Gasteiger partial charge in [-0.2, -0.15) is 0 Å². The van der Waals surface area contributed by atoms with Crippen molar-refractivity contribution in [3.8, 4) is 11.5 Å². The molecule has 0 saturated carbocycles. The Morgan fingerprint density at radius 1 is 1.00 bits per heavy atom. The van der Waals surface area contributed by atoms with Crippen LogP contribution in [0.1, 0.15) is 30.9 Å². The van der Waals surface area contributed by atoms with Crippen molar-refractivity contribution in [1.82, 2.24) is 9.80 Å². The van der Waals surface area contributed by atoms with Gasteiger partial charge in [0.05, 0.1) is 17.3 Å². The maximum absolute atomic E-state index is 12.6. The number of nitrogens with zero attached hydrogens (tertiary/aromatic N) is 2. The van der Waals surface area contributed by atoms with E-state index in [4.69, 9.17) is 21.1 Å². The van der Waals surface area contributed by atoms with E-state index in [1.165, 1.54) is 11.1 Å². The monoisotopic (exact) mass is 443 g/mol. The summed E-state index contributed by atoms with van der Waals surface area (Å²) in [6.45, 7) is 10.4. The number of fused-ring (bicyclic) bond motifs is 1. The standard InChI is InChI=1S/C24H30ClN3O3/c1-17(2)19-5-3-18(4-6-19)15-27-7-9-28(10-8-27)16-24(29)26-21-14-23-22(13-20(21)25)30-11-12-31-23/h3-6,13-14,17H,7-12,15-16H2,1-2H3,(H,26,29). The Morgan fingerprint density at radius 3 is 2.26 bits per heavy atom. The Kier molecular flexibility index (Phi) is 7.00. The number of hydrogen-bond acceptors (Lipinski definition) is 5. The summed E-state index contributed by atoms with van der Waals surface area (Å²) in [6.07, 6.45) is 0. The molecule has 0 atom stereocenters. The Hall–Kier alpha value is -2.28. The molecule has 1 fully saturated rings. The van der Waals surface area contributed by atoms with Gasteiger partial charge in [0.25, 0.3) is 0 Å². The molecule has 0 aromatic heterocycles. The fourth-order valence-electron chi connectivity index (χ4n) is 3.92. The molecule has 4 rings (SSSR count). The molecule has 2 aromatic rings. The van der Waals surface area contributed by atoms with Gasteiger partial charge in [-0.3, -0.25) is 14.6 Å². The number of hydrogen-bond donors (Lipinski definition) is 1. The predicted octanol–water partition coefficient (Wildman–Crippen LogP) is 3.99. The minimum absolute atomic E-state index is 0.0729. The van der Waals surface area contributed by atoms with E-state index in [-0.39, 0.29) is 5.91 Å². The van der Waals surface area contributed by atoms with Gasteiger partial charge in [-0.25, -0.2) is 0 Å². The lowest BCUT2D eigenvalue weighted by Crippen LogP contribution is -2.48. The molecule has 0 spiro atoms. The van der Waals surface area contributed by atoms with E-state index in [1.807, 2.05) is 0 Å². The molecule has 166 valence electrons. The zero-order chi connectivity index (χ0) is 21.8. The molecule has 1 saturated heterocycles. The Balaban J connectivity index is 1.25. The molecule has 2 heterocycles. The molecular formula is C24H30ClN3O3. The molecule has 6 nitrogen and oxygen atoms in total. The molecular weight excluding hydrogens is 414 g/mol. The van der Waals surface area contributed by atoms with Crippen molar-refractivity contribution in [1.29, 1.82) is 0 Å². The molecule has 0 unspecified atom stereocenters. The number of carbonyl (C=O) groups is 1. The summed E-state index contributed by atoms with van der Waals surface area (Å²) in [5, 5.41) is 3.36. The average molecular weight is 444 g/mol. The number of piperazine rings is 1. The van der Waals surface area contributed by atoms with Gasteiger partial charge in [-0.05, 0) is 17.0 Å². The zero-order valence-corrected chi connectivity index (χ0v) is 19.0. The van der Waals surface area contributed by atoms with E-state index in [1.54, 1.807) is 12.1 Å². The normalized spacial score (nSPS) is 17.0. The maximum Gasteiger partial charge on any atom is 0.238 e. The number of benzene rings is 2. The van der Waals surface area contributed by atoms with Crippen molar-refractivity contribution in [2.24, 2.45) is 0 Å². The van der Waals surface area contributed by atoms with E-state index >= 15 is 0 Å². The van der Waals surface area contributed by atoms with Crippen LogP contribution in [-0.2, 0) is 11.3 Å². The summed E-state index contributed by atoms with van der Waals surface area (Å²) < 4.78 is 11.1. The van der Waals surface area contributed by atoms with Crippen LogP contribution in [0.5, 0.6) is 11.5 Å². The second-order valence-corrected chi connectivity index (χ2v) is 8.88.